The van der Waals surface area contributed by atoms with Gasteiger partial charge >= 0.3 is 5.97 Å². The third-order valence-electron chi connectivity index (χ3n) is 4.55. The van der Waals surface area contributed by atoms with Crippen LogP contribution in [0.4, 0.5) is 4.39 Å². The number of carbonyl (C=O) groups excluding carboxylic acids is 3. The van der Waals surface area contributed by atoms with Gasteiger partial charge in [-0.2, -0.15) is 0 Å². The first-order valence-electron chi connectivity index (χ1n) is 8.86. The Bertz CT molecular complexity index is 897. The number of aryl methyl sites for hydroxylation is 1. The van der Waals surface area contributed by atoms with Gasteiger partial charge in [-0.25, -0.2) is 14.2 Å². The van der Waals surface area contributed by atoms with Crippen molar-refractivity contribution in [2.45, 2.75) is 32.2 Å². The number of benzene rings is 1. The van der Waals surface area contributed by atoms with Crippen molar-refractivity contribution in [1.29, 1.82) is 0 Å². The molecule has 0 radical (unpaired) electrons. The number of aromatic nitrogens is 1. The molecule has 7 nitrogen and oxygen atoms in total. The van der Waals surface area contributed by atoms with Crippen molar-refractivity contribution in [3.63, 3.8) is 0 Å². The number of hydrogen-bond donors (Lipinski definition) is 1. The Morgan fingerprint density at radius 1 is 1.29 bits per heavy atom. The van der Waals surface area contributed by atoms with Gasteiger partial charge < -0.3 is 15.4 Å². The minimum absolute atomic E-state index is 0.275. The molecule has 0 spiro atoms. The fraction of sp³-hybridized carbons (Fsp3) is 0.368. The molecule has 1 saturated heterocycles. The fourth-order valence-electron chi connectivity index (χ4n) is 3.10. The standard InChI is InChI=1S/C19H20FN3O4S/c1-11-16(28-18(22-11)12-5-7-13(20)8-6-12)19(26)27-10-15(24)23-9-3-2-4-14(23)17(21)25/h5-8,14H,2-4,9-10H2,1H3,(H2,21,25)/t14-/m0/s1. The van der Waals surface area contributed by atoms with Crippen LogP contribution in [-0.2, 0) is 14.3 Å². The summed E-state index contributed by atoms with van der Waals surface area (Å²) in [7, 11) is 0. The lowest BCUT2D eigenvalue weighted by molar-refractivity contribution is -0.143. The van der Waals surface area contributed by atoms with Gasteiger partial charge in [-0.05, 0) is 50.5 Å². The summed E-state index contributed by atoms with van der Waals surface area (Å²) in [5, 5.41) is 0.556. The SMILES string of the molecule is Cc1nc(-c2ccc(F)cc2)sc1C(=O)OCC(=O)N1CCCC[C@H]1C(N)=O. The maximum atomic E-state index is 13.1. The minimum Gasteiger partial charge on any atom is -0.451 e. The van der Waals surface area contributed by atoms with Crippen molar-refractivity contribution in [2.24, 2.45) is 5.73 Å². The first kappa shape index (κ1) is 19.9. The second kappa shape index (κ2) is 8.47. The molecule has 148 valence electrons. The molecular formula is C19H20FN3O4S. The number of likely N-dealkylation sites (tertiary alicyclic amines) is 1. The Morgan fingerprint density at radius 2 is 2.00 bits per heavy atom. The largest absolute Gasteiger partial charge is 0.451 e. The van der Waals surface area contributed by atoms with E-state index < -0.39 is 30.4 Å². The van der Waals surface area contributed by atoms with Crippen molar-refractivity contribution in [2.75, 3.05) is 13.2 Å². The molecule has 0 bridgehead atoms. The van der Waals surface area contributed by atoms with E-state index in [-0.39, 0.29) is 10.7 Å². The zero-order valence-corrected chi connectivity index (χ0v) is 16.1. The molecule has 0 unspecified atom stereocenters. The predicted molar refractivity (Wildman–Crippen MR) is 101 cm³/mol. The fourth-order valence-corrected chi connectivity index (χ4v) is 4.07. The lowest BCUT2D eigenvalue weighted by atomic mass is 10.0. The second-order valence-electron chi connectivity index (χ2n) is 6.52. The molecule has 1 fully saturated rings. The molecule has 2 N–H and O–H groups in total. The second-order valence-corrected chi connectivity index (χ2v) is 7.52. The van der Waals surface area contributed by atoms with Gasteiger partial charge in [-0.3, -0.25) is 9.59 Å². The van der Waals surface area contributed by atoms with Gasteiger partial charge in [0.2, 0.25) is 5.91 Å². The van der Waals surface area contributed by atoms with Crippen LogP contribution in [0.2, 0.25) is 0 Å². The molecule has 1 aliphatic rings. The van der Waals surface area contributed by atoms with E-state index in [1.54, 1.807) is 19.1 Å². The molecule has 0 saturated carbocycles. The van der Waals surface area contributed by atoms with E-state index in [0.717, 1.165) is 24.2 Å². The highest BCUT2D eigenvalue weighted by Gasteiger charge is 2.31. The molecule has 1 aliphatic heterocycles. The van der Waals surface area contributed by atoms with Crippen LogP contribution in [0.5, 0.6) is 0 Å². The lowest BCUT2D eigenvalue weighted by Crippen LogP contribution is -2.51. The monoisotopic (exact) mass is 405 g/mol. The lowest BCUT2D eigenvalue weighted by Gasteiger charge is -2.33. The van der Waals surface area contributed by atoms with Gasteiger partial charge in [0.25, 0.3) is 5.91 Å². The summed E-state index contributed by atoms with van der Waals surface area (Å²) in [5.74, 6) is -2.02. The number of ether oxygens (including phenoxy) is 1. The van der Waals surface area contributed by atoms with Crippen molar-refractivity contribution < 1.29 is 23.5 Å². The normalized spacial score (nSPS) is 16.6. The van der Waals surface area contributed by atoms with E-state index in [1.807, 2.05) is 0 Å². The highest BCUT2D eigenvalue weighted by molar-refractivity contribution is 7.17. The molecular weight excluding hydrogens is 385 g/mol. The molecule has 0 aliphatic carbocycles. The summed E-state index contributed by atoms with van der Waals surface area (Å²) in [6.45, 7) is 1.61. The first-order chi connectivity index (χ1) is 13.4. The highest BCUT2D eigenvalue weighted by atomic mass is 32.1. The molecule has 1 atom stereocenters. The maximum absolute atomic E-state index is 13.1. The van der Waals surface area contributed by atoms with Gasteiger partial charge in [-0.1, -0.05) is 0 Å². The number of nitrogens with zero attached hydrogens (tertiary/aromatic N) is 2. The van der Waals surface area contributed by atoms with E-state index in [4.69, 9.17) is 10.5 Å². The molecule has 28 heavy (non-hydrogen) atoms. The van der Waals surface area contributed by atoms with Gasteiger partial charge in [-0.15, -0.1) is 11.3 Å². The molecule has 1 aromatic heterocycles. The Balaban J connectivity index is 1.65. The van der Waals surface area contributed by atoms with Gasteiger partial charge in [0.1, 0.15) is 21.7 Å². The van der Waals surface area contributed by atoms with Crippen LogP contribution in [-0.4, -0.2) is 46.9 Å². The molecule has 2 heterocycles. The van der Waals surface area contributed by atoms with E-state index in [1.165, 1.54) is 17.0 Å². The maximum Gasteiger partial charge on any atom is 0.350 e. The number of rotatable bonds is 5. The van der Waals surface area contributed by atoms with Gasteiger partial charge in [0.05, 0.1) is 5.69 Å². The topological polar surface area (TPSA) is 103 Å². The number of nitrogens with two attached hydrogens (primary N) is 1. The van der Waals surface area contributed by atoms with Crippen molar-refractivity contribution in [3.05, 3.63) is 40.7 Å². The van der Waals surface area contributed by atoms with Crippen LogP contribution in [0.1, 0.15) is 34.6 Å². The van der Waals surface area contributed by atoms with E-state index in [2.05, 4.69) is 4.98 Å². The number of primary amides is 1. The summed E-state index contributed by atoms with van der Waals surface area (Å²) in [5.41, 5.74) is 6.51. The zero-order valence-electron chi connectivity index (χ0n) is 15.3. The Labute approximate surface area is 165 Å². The predicted octanol–water partition coefficient (Wildman–Crippen LogP) is 2.28. The highest BCUT2D eigenvalue weighted by Crippen LogP contribution is 2.28. The Kier molecular flexibility index (Phi) is 6.03. The number of amides is 2. The number of halogens is 1. The smallest absolute Gasteiger partial charge is 0.350 e. The molecule has 2 aromatic rings. The third-order valence-corrected chi connectivity index (χ3v) is 5.74. The van der Waals surface area contributed by atoms with E-state index in [0.29, 0.717) is 29.2 Å². The van der Waals surface area contributed by atoms with Crippen LogP contribution >= 0.6 is 11.3 Å². The minimum atomic E-state index is -0.663. The summed E-state index contributed by atoms with van der Waals surface area (Å²) in [6, 6.07) is 5.13. The zero-order chi connectivity index (χ0) is 20.3. The Hall–Kier alpha value is -2.81. The first-order valence-corrected chi connectivity index (χ1v) is 9.67. The number of esters is 1. The average molecular weight is 405 g/mol. The summed E-state index contributed by atoms with van der Waals surface area (Å²) < 4.78 is 18.2. The van der Waals surface area contributed by atoms with Crippen LogP contribution < -0.4 is 5.73 Å². The van der Waals surface area contributed by atoms with Crippen LogP contribution in [0, 0.1) is 12.7 Å². The van der Waals surface area contributed by atoms with Crippen molar-refractivity contribution in [3.8, 4) is 10.6 Å². The summed E-state index contributed by atoms with van der Waals surface area (Å²) >= 11 is 1.11. The average Bonchev–Trinajstić information content (AvgIpc) is 3.08. The molecule has 9 heteroatoms. The number of hydrogen-bond acceptors (Lipinski definition) is 6. The van der Waals surface area contributed by atoms with Gasteiger partial charge in [0.15, 0.2) is 6.61 Å². The van der Waals surface area contributed by atoms with Gasteiger partial charge in [0, 0.05) is 12.1 Å². The van der Waals surface area contributed by atoms with E-state index >= 15 is 0 Å². The van der Waals surface area contributed by atoms with E-state index in [9.17, 15) is 18.8 Å². The third kappa shape index (κ3) is 4.36. The van der Waals surface area contributed by atoms with Crippen molar-refractivity contribution in [1.82, 2.24) is 9.88 Å². The van der Waals surface area contributed by atoms with Crippen molar-refractivity contribution >= 4 is 29.1 Å². The van der Waals surface area contributed by atoms with Crippen LogP contribution in [0.25, 0.3) is 10.6 Å². The number of thiazole rings is 1. The number of piperidine rings is 1. The molecule has 3 rings (SSSR count). The quantitative estimate of drug-likeness (QED) is 0.769. The number of carbonyl (C=O) groups is 3. The van der Waals surface area contributed by atoms with Crippen LogP contribution in [0.3, 0.4) is 0 Å². The summed E-state index contributed by atoms with van der Waals surface area (Å²) in [6.07, 6.45) is 2.12. The molecule has 2 amide bonds. The van der Waals surface area contributed by atoms with Crippen LogP contribution in [0.15, 0.2) is 24.3 Å². The summed E-state index contributed by atoms with van der Waals surface area (Å²) in [4.78, 5) is 42.3. The molecule has 1 aromatic carbocycles. The Morgan fingerprint density at radius 3 is 2.68 bits per heavy atom.